The first kappa shape index (κ1) is 20.6. The number of carboxylic acids is 1. The number of nitrogens with zero attached hydrogens (tertiary/aromatic N) is 5. The van der Waals surface area contributed by atoms with Crippen molar-refractivity contribution in [2.24, 2.45) is 18.9 Å². The van der Waals surface area contributed by atoms with Crippen LogP contribution in [-0.4, -0.2) is 57.6 Å². The van der Waals surface area contributed by atoms with Crippen LogP contribution in [0.5, 0.6) is 0 Å². The van der Waals surface area contributed by atoms with Crippen LogP contribution in [0, 0.1) is 18.8 Å². The van der Waals surface area contributed by atoms with E-state index in [0.717, 1.165) is 36.8 Å². The van der Waals surface area contributed by atoms with Crippen molar-refractivity contribution in [3.05, 3.63) is 36.3 Å². The number of aryl methyl sites for hydroxylation is 2. The van der Waals surface area contributed by atoms with Gasteiger partial charge in [-0.1, -0.05) is 6.07 Å². The zero-order valence-electron chi connectivity index (χ0n) is 15.8. The normalized spacial score (nSPS) is 21.1. The molecule has 8 nitrogen and oxygen atoms in total. The topological polar surface area (TPSA) is 91.6 Å². The summed E-state index contributed by atoms with van der Waals surface area (Å²) in [6.07, 6.45) is -1.42. The predicted molar refractivity (Wildman–Crippen MR) is 97.4 cm³/mol. The van der Waals surface area contributed by atoms with Crippen LogP contribution in [0.15, 0.2) is 30.6 Å². The Morgan fingerprint density at radius 1 is 1.24 bits per heavy atom. The first-order chi connectivity index (χ1) is 13.6. The molecule has 0 radical (unpaired) electrons. The number of aromatic nitrogens is 3. The Kier molecular flexibility index (Phi) is 5.49. The van der Waals surface area contributed by atoms with E-state index >= 15 is 0 Å². The zero-order chi connectivity index (χ0) is 21.3. The molecule has 29 heavy (non-hydrogen) atoms. The number of amides is 1. The molecule has 2 aliphatic heterocycles. The Bertz CT molecular complexity index is 914. The maximum absolute atomic E-state index is 12.7. The van der Waals surface area contributed by atoms with Gasteiger partial charge in [-0.25, -0.2) is 9.78 Å². The molecule has 0 aliphatic carbocycles. The molecule has 0 spiro atoms. The average Bonchev–Trinajstić information content (AvgIpc) is 3.31. The number of hydrogen-bond acceptors (Lipinski definition) is 5. The summed E-state index contributed by atoms with van der Waals surface area (Å²) in [5, 5.41) is 11.3. The molecule has 2 saturated heterocycles. The molecule has 2 aromatic heterocycles. The van der Waals surface area contributed by atoms with Crippen molar-refractivity contribution in [3.8, 4) is 0 Å². The molecule has 0 saturated carbocycles. The summed E-state index contributed by atoms with van der Waals surface area (Å²) in [4.78, 5) is 30.3. The molecule has 2 atom stereocenters. The van der Waals surface area contributed by atoms with Crippen LogP contribution < -0.4 is 9.80 Å². The fourth-order valence-electron chi connectivity index (χ4n) is 3.53. The van der Waals surface area contributed by atoms with E-state index in [2.05, 4.69) is 15.0 Å². The summed E-state index contributed by atoms with van der Waals surface area (Å²) < 4.78 is 33.5. The number of carbonyl (C=O) groups excluding carboxylic acids is 1. The minimum Gasteiger partial charge on any atom is -0.475 e. The van der Waals surface area contributed by atoms with E-state index in [0.29, 0.717) is 5.92 Å². The molecule has 156 valence electrons. The van der Waals surface area contributed by atoms with Crippen LogP contribution in [-0.2, 0) is 16.6 Å². The number of carboxylic acid groups (broad SMARTS) is 1. The van der Waals surface area contributed by atoms with Crippen molar-refractivity contribution in [1.82, 2.24) is 14.8 Å². The number of fused-ring (bicyclic) bond motifs is 1. The quantitative estimate of drug-likeness (QED) is 0.811. The number of halogens is 3. The molecule has 2 aromatic rings. The summed E-state index contributed by atoms with van der Waals surface area (Å²) in [6, 6.07) is 6.04. The van der Waals surface area contributed by atoms with E-state index in [-0.39, 0.29) is 11.8 Å². The number of carbonyl (C=O) groups is 2. The molecular formula is C18H20F3N5O3. The summed E-state index contributed by atoms with van der Waals surface area (Å²) in [6.45, 7) is 4.42. The second-order valence-electron chi connectivity index (χ2n) is 7.03. The largest absolute Gasteiger partial charge is 0.490 e. The third kappa shape index (κ3) is 4.49. The van der Waals surface area contributed by atoms with Gasteiger partial charge in [-0.15, -0.1) is 0 Å². The van der Waals surface area contributed by atoms with Gasteiger partial charge < -0.3 is 14.9 Å². The number of hydrogen-bond donors (Lipinski definition) is 1. The lowest BCUT2D eigenvalue weighted by molar-refractivity contribution is -0.192. The van der Waals surface area contributed by atoms with Crippen LogP contribution in [0.1, 0.15) is 5.69 Å². The lowest BCUT2D eigenvalue weighted by Gasteiger charge is -2.21. The van der Waals surface area contributed by atoms with E-state index < -0.39 is 12.1 Å². The van der Waals surface area contributed by atoms with Gasteiger partial charge in [0.2, 0.25) is 5.91 Å². The molecule has 11 heteroatoms. The highest BCUT2D eigenvalue weighted by atomic mass is 19.4. The van der Waals surface area contributed by atoms with E-state index in [9.17, 15) is 18.0 Å². The van der Waals surface area contributed by atoms with E-state index in [1.54, 1.807) is 10.9 Å². The second kappa shape index (κ2) is 7.72. The minimum absolute atomic E-state index is 0.0718. The Labute approximate surface area is 164 Å². The molecule has 1 N–H and O–H groups in total. The van der Waals surface area contributed by atoms with Crippen LogP contribution in [0.25, 0.3) is 0 Å². The van der Waals surface area contributed by atoms with Gasteiger partial charge in [0.05, 0.1) is 17.8 Å². The Morgan fingerprint density at radius 3 is 2.45 bits per heavy atom. The van der Waals surface area contributed by atoms with E-state index in [1.807, 2.05) is 43.3 Å². The van der Waals surface area contributed by atoms with Crippen LogP contribution in [0.2, 0.25) is 0 Å². The monoisotopic (exact) mass is 411 g/mol. The second-order valence-corrected chi connectivity index (χ2v) is 7.03. The fourth-order valence-corrected chi connectivity index (χ4v) is 3.53. The first-order valence-electron chi connectivity index (χ1n) is 8.85. The maximum atomic E-state index is 12.7. The molecular weight excluding hydrogens is 391 g/mol. The molecule has 2 aliphatic rings. The molecule has 4 heterocycles. The molecule has 0 bridgehead atoms. The Hall–Kier alpha value is -3.11. The van der Waals surface area contributed by atoms with Gasteiger partial charge in [0, 0.05) is 44.5 Å². The number of rotatable bonds is 2. The van der Waals surface area contributed by atoms with Gasteiger partial charge in [-0.3, -0.25) is 9.48 Å². The van der Waals surface area contributed by atoms with Crippen molar-refractivity contribution >= 4 is 23.4 Å². The predicted octanol–water partition coefficient (Wildman–Crippen LogP) is 1.86. The fraction of sp³-hybridized carbons (Fsp3) is 0.444. The summed E-state index contributed by atoms with van der Waals surface area (Å²) in [5.41, 5.74) is 1.92. The Balaban J connectivity index is 0.000000298. The summed E-state index contributed by atoms with van der Waals surface area (Å²) in [5.74, 6) is -1.12. The van der Waals surface area contributed by atoms with Crippen LogP contribution in [0.3, 0.4) is 0 Å². The molecule has 0 unspecified atom stereocenters. The molecule has 0 aromatic carbocycles. The molecule has 2 fully saturated rings. The van der Waals surface area contributed by atoms with E-state index in [4.69, 9.17) is 9.90 Å². The summed E-state index contributed by atoms with van der Waals surface area (Å²) in [7, 11) is 1.87. The number of anilines is 2. The Morgan fingerprint density at radius 2 is 1.93 bits per heavy atom. The number of aliphatic carboxylic acids is 1. The zero-order valence-corrected chi connectivity index (χ0v) is 15.8. The van der Waals surface area contributed by atoms with E-state index in [1.165, 1.54) is 0 Å². The minimum atomic E-state index is -5.08. The SMILES string of the molecule is Cc1cccc(N2C[C@H]3CN(c4cnn(C)c4)C(=O)[C@H]3C2)n1.O=C(O)C(F)(F)F. The highest BCUT2D eigenvalue weighted by molar-refractivity contribution is 5.98. The lowest BCUT2D eigenvalue weighted by atomic mass is 10.0. The standard InChI is InChI=1S/C16H19N5O.C2HF3O2/c1-11-4-3-5-15(18-11)20-7-12-8-21(16(22)14(12)10-20)13-6-17-19(2)9-13;3-2(4,5)1(6)7/h3-6,9,12,14H,7-8,10H2,1-2H3;(H,6,7)/t12-,14-;/m0./s1. The van der Waals surface area contributed by atoms with Crippen molar-refractivity contribution in [1.29, 1.82) is 0 Å². The third-order valence-electron chi connectivity index (χ3n) is 4.88. The van der Waals surface area contributed by atoms with Crippen molar-refractivity contribution in [3.63, 3.8) is 0 Å². The highest BCUT2D eigenvalue weighted by Crippen LogP contribution is 2.36. The van der Waals surface area contributed by atoms with Crippen LogP contribution in [0.4, 0.5) is 24.7 Å². The van der Waals surface area contributed by atoms with Crippen molar-refractivity contribution in [2.45, 2.75) is 13.1 Å². The van der Waals surface area contributed by atoms with Crippen molar-refractivity contribution in [2.75, 3.05) is 29.4 Å². The van der Waals surface area contributed by atoms with Gasteiger partial charge in [0.15, 0.2) is 0 Å². The maximum Gasteiger partial charge on any atom is 0.490 e. The number of alkyl halides is 3. The lowest BCUT2D eigenvalue weighted by Crippen LogP contribution is -2.32. The average molecular weight is 411 g/mol. The molecule has 4 rings (SSSR count). The van der Waals surface area contributed by atoms with Crippen LogP contribution >= 0.6 is 0 Å². The van der Waals surface area contributed by atoms with Gasteiger partial charge in [-0.05, 0) is 19.1 Å². The van der Waals surface area contributed by atoms with Gasteiger partial charge in [-0.2, -0.15) is 18.3 Å². The molecule has 1 amide bonds. The first-order valence-corrected chi connectivity index (χ1v) is 8.85. The van der Waals surface area contributed by atoms with Gasteiger partial charge >= 0.3 is 12.1 Å². The van der Waals surface area contributed by atoms with Gasteiger partial charge in [0.25, 0.3) is 0 Å². The summed E-state index contributed by atoms with van der Waals surface area (Å²) >= 11 is 0. The van der Waals surface area contributed by atoms with Gasteiger partial charge in [0.1, 0.15) is 5.82 Å². The number of pyridine rings is 1. The highest BCUT2D eigenvalue weighted by Gasteiger charge is 2.47. The third-order valence-corrected chi connectivity index (χ3v) is 4.88. The smallest absolute Gasteiger partial charge is 0.475 e. The van der Waals surface area contributed by atoms with Crippen molar-refractivity contribution < 1.29 is 27.9 Å².